The van der Waals surface area contributed by atoms with E-state index in [1.54, 1.807) is 8.61 Å². The molecule has 1 aliphatic rings. The molecule has 1 atom stereocenters. The van der Waals surface area contributed by atoms with E-state index in [1.165, 1.54) is 0 Å². The Morgan fingerprint density at radius 1 is 1.16 bits per heavy atom. The third-order valence-corrected chi connectivity index (χ3v) is 6.53. The Kier molecular flexibility index (Phi) is 6.23. The minimum Gasteiger partial charge on any atom is -0.329 e. The highest BCUT2D eigenvalue weighted by Gasteiger charge is 2.39. The number of rotatable bonds is 6. The van der Waals surface area contributed by atoms with Crippen molar-refractivity contribution in [2.75, 3.05) is 26.2 Å². The summed E-state index contributed by atoms with van der Waals surface area (Å²) >= 11 is 0. The van der Waals surface area contributed by atoms with Crippen molar-refractivity contribution in [3.63, 3.8) is 0 Å². The molecule has 1 aliphatic heterocycles. The second-order valence-electron chi connectivity index (χ2n) is 5.54. The lowest BCUT2D eigenvalue weighted by Crippen LogP contribution is -2.57. The molecule has 19 heavy (non-hydrogen) atoms. The van der Waals surface area contributed by atoms with Gasteiger partial charge in [-0.25, -0.2) is 0 Å². The maximum Gasteiger partial charge on any atom is 0.282 e. The van der Waals surface area contributed by atoms with Crippen molar-refractivity contribution in [1.82, 2.24) is 8.61 Å². The van der Waals surface area contributed by atoms with Crippen LogP contribution in [0.2, 0.25) is 0 Å². The van der Waals surface area contributed by atoms with E-state index in [-0.39, 0.29) is 0 Å². The predicted molar refractivity (Wildman–Crippen MR) is 79.1 cm³/mol. The molecule has 0 spiro atoms. The van der Waals surface area contributed by atoms with Crippen molar-refractivity contribution < 1.29 is 8.42 Å². The van der Waals surface area contributed by atoms with Gasteiger partial charge in [0.2, 0.25) is 0 Å². The Bertz CT molecular complexity index is 358. The third-order valence-electron chi connectivity index (χ3n) is 4.26. The van der Waals surface area contributed by atoms with Crippen LogP contribution in [0.15, 0.2) is 0 Å². The van der Waals surface area contributed by atoms with E-state index in [0.717, 1.165) is 32.1 Å². The average Bonchev–Trinajstić information content (AvgIpc) is 2.68. The largest absolute Gasteiger partial charge is 0.329 e. The molecule has 0 amide bonds. The summed E-state index contributed by atoms with van der Waals surface area (Å²) in [5, 5.41) is 0. The lowest BCUT2D eigenvalue weighted by molar-refractivity contribution is 0.197. The lowest BCUT2D eigenvalue weighted by Gasteiger charge is -2.40. The zero-order valence-electron chi connectivity index (χ0n) is 12.6. The predicted octanol–water partition coefficient (Wildman–Crippen LogP) is 1.56. The number of nitrogens with zero attached hydrogens (tertiary/aromatic N) is 2. The van der Waals surface area contributed by atoms with Crippen LogP contribution in [-0.2, 0) is 10.2 Å². The van der Waals surface area contributed by atoms with E-state index in [1.807, 2.05) is 20.8 Å². The van der Waals surface area contributed by atoms with Crippen molar-refractivity contribution in [1.29, 1.82) is 0 Å². The third kappa shape index (κ3) is 3.68. The van der Waals surface area contributed by atoms with Gasteiger partial charge in [0, 0.05) is 31.7 Å². The Balaban J connectivity index is 3.00. The van der Waals surface area contributed by atoms with E-state index in [0.29, 0.717) is 26.2 Å². The summed E-state index contributed by atoms with van der Waals surface area (Å²) in [6.45, 7) is 7.93. The Hall–Kier alpha value is -0.170. The molecule has 1 saturated heterocycles. The molecule has 0 aromatic rings. The zero-order valence-corrected chi connectivity index (χ0v) is 13.4. The molecule has 114 valence electrons. The fourth-order valence-electron chi connectivity index (χ4n) is 2.66. The summed E-state index contributed by atoms with van der Waals surface area (Å²) in [4.78, 5) is 0. The van der Waals surface area contributed by atoms with Gasteiger partial charge in [0.05, 0.1) is 0 Å². The normalized spacial score (nSPS) is 22.2. The van der Waals surface area contributed by atoms with E-state index in [9.17, 15) is 8.42 Å². The molecule has 1 unspecified atom stereocenters. The topological polar surface area (TPSA) is 66.6 Å². The van der Waals surface area contributed by atoms with Gasteiger partial charge in [-0.2, -0.15) is 17.0 Å². The first-order valence-corrected chi connectivity index (χ1v) is 8.80. The SMILES string of the molecule is CCN(C(C)(CC)CN)S(=O)(=O)N1CCCCCC1. The number of nitrogens with two attached hydrogens (primary N) is 1. The molecule has 5 nitrogen and oxygen atoms in total. The second kappa shape index (κ2) is 7.02. The Labute approximate surface area is 118 Å². The van der Waals surface area contributed by atoms with E-state index in [4.69, 9.17) is 5.73 Å². The molecule has 1 fully saturated rings. The van der Waals surface area contributed by atoms with Gasteiger partial charge < -0.3 is 5.73 Å². The van der Waals surface area contributed by atoms with E-state index in [2.05, 4.69) is 0 Å². The highest BCUT2D eigenvalue weighted by molar-refractivity contribution is 7.86. The average molecular weight is 291 g/mol. The first-order chi connectivity index (χ1) is 8.92. The first kappa shape index (κ1) is 16.9. The van der Waals surface area contributed by atoms with Gasteiger partial charge in [0.1, 0.15) is 0 Å². The summed E-state index contributed by atoms with van der Waals surface area (Å²) < 4.78 is 28.9. The van der Waals surface area contributed by atoms with Crippen LogP contribution in [0.5, 0.6) is 0 Å². The van der Waals surface area contributed by atoms with Crippen LogP contribution in [0.4, 0.5) is 0 Å². The highest BCUT2D eigenvalue weighted by Crippen LogP contribution is 2.25. The van der Waals surface area contributed by atoms with Crippen molar-refractivity contribution in [2.45, 2.75) is 58.4 Å². The standard InChI is InChI=1S/C13H29N3O2S/c1-4-13(3,12-14)16(5-2)19(17,18)15-10-8-6-7-9-11-15/h4-12,14H2,1-3H3. The lowest BCUT2D eigenvalue weighted by atomic mass is 9.99. The maximum absolute atomic E-state index is 12.8. The molecule has 6 heteroatoms. The minimum absolute atomic E-state index is 0.352. The number of hydrogen-bond donors (Lipinski definition) is 1. The maximum atomic E-state index is 12.8. The van der Waals surface area contributed by atoms with Crippen LogP contribution in [-0.4, -0.2) is 48.7 Å². The van der Waals surface area contributed by atoms with Gasteiger partial charge in [-0.1, -0.05) is 26.7 Å². The summed E-state index contributed by atoms with van der Waals surface area (Å²) in [5.41, 5.74) is 5.34. The molecule has 0 radical (unpaired) electrons. The Morgan fingerprint density at radius 3 is 2.05 bits per heavy atom. The molecule has 0 saturated carbocycles. The summed E-state index contributed by atoms with van der Waals surface area (Å²) in [6, 6.07) is 0. The van der Waals surface area contributed by atoms with Gasteiger partial charge >= 0.3 is 0 Å². The quantitative estimate of drug-likeness (QED) is 0.807. The molecule has 0 aromatic carbocycles. The van der Waals surface area contributed by atoms with Gasteiger partial charge in [-0.05, 0) is 26.2 Å². The van der Waals surface area contributed by atoms with Crippen molar-refractivity contribution >= 4 is 10.2 Å². The van der Waals surface area contributed by atoms with E-state index >= 15 is 0 Å². The van der Waals surface area contributed by atoms with Gasteiger partial charge in [-0.3, -0.25) is 0 Å². The molecule has 1 rings (SSSR count). The molecule has 2 N–H and O–H groups in total. The first-order valence-electron chi connectivity index (χ1n) is 7.40. The molecule has 1 heterocycles. The zero-order chi connectivity index (χ0) is 14.5. The number of hydrogen-bond acceptors (Lipinski definition) is 3. The molecule has 0 bridgehead atoms. The van der Waals surface area contributed by atoms with Crippen LogP contribution in [0.3, 0.4) is 0 Å². The second-order valence-corrected chi connectivity index (χ2v) is 7.39. The van der Waals surface area contributed by atoms with Gasteiger partial charge in [0.25, 0.3) is 10.2 Å². The van der Waals surface area contributed by atoms with Crippen molar-refractivity contribution in [3.05, 3.63) is 0 Å². The fraction of sp³-hybridized carbons (Fsp3) is 1.00. The summed E-state index contributed by atoms with van der Waals surface area (Å²) in [6.07, 6.45) is 4.90. The summed E-state index contributed by atoms with van der Waals surface area (Å²) in [5.74, 6) is 0. The van der Waals surface area contributed by atoms with Crippen LogP contribution in [0.25, 0.3) is 0 Å². The molecular weight excluding hydrogens is 262 g/mol. The molecule has 0 aliphatic carbocycles. The molecular formula is C13H29N3O2S. The van der Waals surface area contributed by atoms with Crippen LogP contribution in [0.1, 0.15) is 52.9 Å². The Morgan fingerprint density at radius 2 is 1.68 bits per heavy atom. The van der Waals surface area contributed by atoms with Crippen LogP contribution < -0.4 is 5.73 Å². The summed E-state index contributed by atoms with van der Waals surface area (Å²) in [7, 11) is -3.39. The van der Waals surface area contributed by atoms with Crippen LogP contribution in [0, 0.1) is 0 Å². The van der Waals surface area contributed by atoms with Gasteiger partial charge in [-0.15, -0.1) is 0 Å². The highest BCUT2D eigenvalue weighted by atomic mass is 32.2. The monoisotopic (exact) mass is 291 g/mol. The molecule has 0 aromatic heterocycles. The van der Waals surface area contributed by atoms with Crippen molar-refractivity contribution in [3.8, 4) is 0 Å². The minimum atomic E-state index is -3.39. The smallest absolute Gasteiger partial charge is 0.282 e. The number of likely N-dealkylation sites (N-methyl/N-ethyl adjacent to an activating group) is 1. The fourth-order valence-corrected chi connectivity index (χ4v) is 4.74. The van der Waals surface area contributed by atoms with Gasteiger partial charge in [0.15, 0.2) is 0 Å². The van der Waals surface area contributed by atoms with E-state index < -0.39 is 15.7 Å². The van der Waals surface area contributed by atoms with Crippen molar-refractivity contribution in [2.24, 2.45) is 5.73 Å². The van der Waals surface area contributed by atoms with Crippen LogP contribution >= 0.6 is 0 Å².